The average Bonchev–Trinajstić information content (AvgIpc) is 2.57. The molecule has 1 nitrogen and oxygen atoms in total. The molecule has 16 aromatic rings. The molecule has 0 radical (unpaired) electrons. The summed E-state index contributed by atoms with van der Waals surface area (Å²) in [5, 5.41) is 15.8. The van der Waals surface area contributed by atoms with E-state index in [1.807, 2.05) is 11.3 Å². The van der Waals surface area contributed by atoms with Gasteiger partial charge in [-0.2, -0.15) is 0 Å². The second-order valence-corrected chi connectivity index (χ2v) is 27.0. The van der Waals surface area contributed by atoms with E-state index in [2.05, 4.69) is 314 Å². The number of nitrogens with zero attached hydrogens (tertiary/aromatic N) is 1. The van der Waals surface area contributed by atoms with Crippen molar-refractivity contribution in [2.75, 3.05) is 0 Å². The molecule has 0 aliphatic carbocycles. The molecule has 83 heavy (non-hydrogen) atoms. The first-order valence-electron chi connectivity index (χ1n) is 28.7. The first kappa shape index (κ1) is 47.6. The summed E-state index contributed by atoms with van der Waals surface area (Å²) in [4.78, 5) is 0. The van der Waals surface area contributed by atoms with Gasteiger partial charge in [-0.15, -0.1) is 11.3 Å². The first-order valence-corrected chi connectivity index (χ1v) is 31.5. The number of benzene rings is 14. The summed E-state index contributed by atoms with van der Waals surface area (Å²) in [6.07, 6.45) is 0. The fraction of sp³-hybridized carbons (Fsp3) is 0. The topological polar surface area (TPSA) is 4.93 Å². The summed E-state index contributed by atoms with van der Waals surface area (Å²) < 4.78 is 5.20. The lowest BCUT2D eigenvalue weighted by atomic mass is 9.95. The average molecular weight is 1090 g/mol. The highest BCUT2D eigenvalue weighted by atomic mass is 32.1. The molecule has 0 saturated carbocycles. The van der Waals surface area contributed by atoms with Crippen molar-refractivity contribution >= 4 is 104 Å². The summed E-state index contributed by atoms with van der Waals surface area (Å²) >= 11 is 1.91. The van der Waals surface area contributed by atoms with Gasteiger partial charge in [0, 0.05) is 36.6 Å². The van der Waals surface area contributed by atoms with Gasteiger partial charge in [0.15, 0.2) is 8.07 Å². The van der Waals surface area contributed by atoms with Crippen molar-refractivity contribution < 1.29 is 0 Å². The summed E-state index contributed by atoms with van der Waals surface area (Å²) in [5.74, 6) is 0. The van der Waals surface area contributed by atoms with Crippen LogP contribution in [0.25, 0.3) is 136 Å². The third-order valence-corrected chi connectivity index (χ3v) is 24.0. The number of hydrogen-bond donors (Lipinski definition) is 0. The summed E-state index contributed by atoms with van der Waals surface area (Å²) in [5.41, 5.74) is 18.4. The number of fused-ring (bicyclic) bond motifs is 11. The Labute approximate surface area is 486 Å². The molecule has 0 fully saturated rings. The third-order valence-electron chi connectivity index (χ3n) is 17.9. The van der Waals surface area contributed by atoms with Crippen LogP contribution in [0.2, 0.25) is 0 Å². The molecular weight excluding hydrogens is 1040 g/mol. The molecule has 0 amide bonds. The van der Waals surface area contributed by atoms with Gasteiger partial charge in [0.05, 0.1) is 11.0 Å². The van der Waals surface area contributed by atoms with Gasteiger partial charge in [-0.1, -0.05) is 267 Å². The van der Waals surface area contributed by atoms with Crippen LogP contribution in [0, 0.1) is 0 Å². The van der Waals surface area contributed by atoms with Crippen molar-refractivity contribution in [3.63, 3.8) is 0 Å². The van der Waals surface area contributed by atoms with Crippen molar-refractivity contribution in [3.8, 4) is 72.4 Å². The molecular formula is C80H51NSSi. The Morgan fingerprint density at radius 3 is 1.28 bits per heavy atom. The Balaban J connectivity index is 0.853. The highest BCUT2D eigenvalue weighted by Gasteiger charge is 2.49. The smallest absolute Gasteiger partial charge is 0.180 e. The van der Waals surface area contributed by atoms with Crippen LogP contribution in [0.15, 0.2) is 309 Å². The van der Waals surface area contributed by atoms with E-state index < -0.39 is 8.07 Å². The summed E-state index contributed by atoms with van der Waals surface area (Å²) in [6, 6.07) is 117. The van der Waals surface area contributed by atoms with Gasteiger partial charge in [0.25, 0.3) is 0 Å². The zero-order valence-corrected chi connectivity index (χ0v) is 47.1. The second-order valence-electron chi connectivity index (χ2n) is 22.3. The van der Waals surface area contributed by atoms with Gasteiger partial charge in [-0.25, -0.2) is 0 Å². The van der Waals surface area contributed by atoms with Crippen molar-refractivity contribution in [2.45, 2.75) is 0 Å². The van der Waals surface area contributed by atoms with E-state index in [-0.39, 0.29) is 0 Å². The molecule has 14 aromatic carbocycles. The van der Waals surface area contributed by atoms with Crippen LogP contribution in [0.3, 0.4) is 0 Å². The number of hydrogen-bond acceptors (Lipinski definition) is 1. The van der Waals surface area contributed by atoms with E-state index in [0.29, 0.717) is 0 Å². The Kier molecular flexibility index (Phi) is 10.9. The lowest BCUT2D eigenvalue weighted by molar-refractivity contribution is 1.18. The molecule has 0 N–H and O–H groups in total. The van der Waals surface area contributed by atoms with E-state index in [9.17, 15) is 0 Å². The Hall–Kier alpha value is -10.2. The van der Waals surface area contributed by atoms with E-state index in [1.165, 1.54) is 151 Å². The molecule has 0 atom stereocenters. The Morgan fingerprint density at radius 2 is 0.687 bits per heavy atom. The first-order chi connectivity index (χ1) is 41.1. The molecule has 1 aliphatic rings. The minimum Gasteiger partial charge on any atom is -0.309 e. The van der Waals surface area contributed by atoms with Crippen LogP contribution in [-0.4, -0.2) is 12.6 Å². The van der Waals surface area contributed by atoms with E-state index >= 15 is 0 Å². The fourth-order valence-corrected chi connectivity index (χ4v) is 20.5. The van der Waals surface area contributed by atoms with Crippen molar-refractivity contribution in [1.29, 1.82) is 0 Å². The summed E-state index contributed by atoms with van der Waals surface area (Å²) in [6.45, 7) is 0. The molecule has 0 spiro atoms. The molecule has 0 bridgehead atoms. The van der Waals surface area contributed by atoms with E-state index in [4.69, 9.17) is 0 Å². The van der Waals surface area contributed by atoms with Crippen LogP contribution in [-0.2, 0) is 0 Å². The van der Waals surface area contributed by atoms with E-state index in [1.54, 1.807) is 0 Å². The van der Waals surface area contributed by atoms with Crippen molar-refractivity contribution in [2.24, 2.45) is 0 Å². The van der Waals surface area contributed by atoms with Crippen molar-refractivity contribution in [3.05, 3.63) is 309 Å². The van der Waals surface area contributed by atoms with Crippen LogP contribution in [0.1, 0.15) is 0 Å². The second kappa shape index (κ2) is 19.0. The monoisotopic (exact) mass is 1090 g/mol. The molecule has 0 saturated heterocycles. The van der Waals surface area contributed by atoms with Crippen LogP contribution < -0.4 is 20.7 Å². The largest absolute Gasteiger partial charge is 0.309 e. The van der Waals surface area contributed by atoms with E-state index in [0.717, 1.165) is 5.69 Å². The Morgan fingerprint density at radius 1 is 0.253 bits per heavy atom. The van der Waals surface area contributed by atoms with Gasteiger partial charge in [0.1, 0.15) is 0 Å². The quantitative estimate of drug-likeness (QED) is 0.134. The van der Waals surface area contributed by atoms with Crippen molar-refractivity contribution in [1.82, 2.24) is 4.57 Å². The number of thiophene rings is 1. The molecule has 3 heterocycles. The SMILES string of the molecule is c1ccc([Si]2(c3ccccc3)c3cc(-c4cccc5c4sc4ccccc45)ccc3-c3ccc(-n4c5ccc(-c6ccc(-c7cccc8ccccc78)cc6)cc5c5cc(-c6ccc(-c7cccc8ccccc78)cc6)ccc54)cc32)cc1. The molecule has 2 aromatic heterocycles. The molecule has 1 aliphatic heterocycles. The predicted octanol–water partition coefficient (Wildman–Crippen LogP) is 19.2. The number of aromatic nitrogens is 1. The standard InChI is InChI=1S/C80H51NSSi/c1-3-20-62(21-4-1)83(63-22-5-2-6-23-63)78-50-60(68-29-15-30-72-69-26-11-12-31-77(69)82-80(68)72)40-44-70(78)71-45-43-61(51-79(71)83)81-75-46-41-58(52-32-36-56(37-33-52)66-27-13-18-54-16-7-9-24-64(54)66)48-73(75)74-49-59(42-47-76(74)81)53-34-38-57(39-35-53)67-28-14-19-55-17-8-10-25-65(55)67/h1-51H. The highest BCUT2D eigenvalue weighted by molar-refractivity contribution is 7.26. The van der Waals surface area contributed by atoms with Crippen LogP contribution in [0.5, 0.6) is 0 Å². The maximum absolute atomic E-state index is 2.97. The highest BCUT2D eigenvalue weighted by Crippen LogP contribution is 2.43. The van der Waals surface area contributed by atoms with Gasteiger partial charge < -0.3 is 4.57 Å². The minimum atomic E-state index is -2.97. The zero-order chi connectivity index (χ0) is 54.6. The minimum absolute atomic E-state index is 1.16. The lowest BCUT2D eigenvalue weighted by Gasteiger charge is -2.32. The lowest BCUT2D eigenvalue weighted by Crippen LogP contribution is -2.72. The normalized spacial score (nSPS) is 12.7. The zero-order valence-electron chi connectivity index (χ0n) is 45.3. The van der Waals surface area contributed by atoms with Crippen LogP contribution in [0.4, 0.5) is 0 Å². The predicted molar refractivity (Wildman–Crippen MR) is 358 cm³/mol. The summed E-state index contributed by atoms with van der Waals surface area (Å²) in [7, 11) is -2.97. The third kappa shape index (κ3) is 7.45. The van der Waals surface area contributed by atoms with Crippen LogP contribution >= 0.6 is 11.3 Å². The molecule has 386 valence electrons. The molecule has 0 unspecified atom stereocenters. The van der Waals surface area contributed by atoms with Gasteiger partial charge in [0.2, 0.25) is 0 Å². The Bertz CT molecular complexity index is 5020. The molecule has 3 heteroatoms. The fourth-order valence-electron chi connectivity index (χ4n) is 14.1. The maximum atomic E-state index is 2.58. The number of rotatable bonds is 8. The van der Waals surface area contributed by atoms with Gasteiger partial charge in [-0.3, -0.25) is 0 Å². The van der Waals surface area contributed by atoms with Gasteiger partial charge in [-0.05, 0) is 152 Å². The maximum Gasteiger partial charge on any atom is 0.180 e. The molecule has 17 rings (SSSR count). The van der Waals surface area contributed by atoms with Gasteiger partial charge >= 0.3 is 0 Å².